The van der Waals surface area contributed by atoms with E-state index in [0.717, 1.165) is 24.4 Å². The van der Waals surface area contributed by atoms with Gasteiger partial charge in [0.1, 0.15) is 0 Å². The highest BCUT2D eigenvalue weighted by atomic mass is 32.2. The molecule has 1 saturated carbocycles. The molecule has 2 aromatic rings. The first-order valence-electron chi connectivity index (χ1n) is 8.37. The van der Waals surface area contributed by atoms with Crippen molar-refractivity contribution in [3.63, 3.8) is 0 Å². The molecule has 0 saturated heterocycles. The highest BCUT2D eigenvalue weighted by molar-refractivity contribution is 7.99. The lowest BCUT2D eigenvalue weighted by molar-refractivity contribution is 0.296. The van der Waals surface area contributed by atoms with Crippen LogP contribution in [0, 0.1) is 0 Å². The summed E-state index contributed by atoms with van der Waals surface area (Å²) in [5.74, 6) is 1.68. The first-order chi connectivity index (χ1) is 11.3. The summed E-state index contributed by atoms with van der Waals surface area (Å²) in [7, 11) is 0. The zero-order valence-corrected chi connectivity index (χ0v) is 15.0. The van der Waals surface area contributed by atoms with E-state index in [0.29, 0.717) is 5.92 Å². The van der Waals surface area contributed by atoms with E-state index in [2.05, 4.69) is 34.6 Å². The van der Waals surface area contributed by atoms with E-state index >= 15 is 0 Å². The second-order valence-corrected chi connectivity index (χ2v) is 8.26. The van der Waals surface area contributed by atoms with Crippen LogP contribution < -0.4 is 5.32 Å². The second-order valence-electron chi connectivity index (χ2n) is 5.95. The van der Waals surface area contributed by atoms with Gasteiger partial charge in [0.25, 0.3) is 0 Å². The van der Waals surface area contributed by atoms with Crippen LogP contribution in [0.25, 0.3) is 0 Å². The normalized spacial score (nSPS) is 15.2. The average Bonchev–Trinajstić information content (AvgIpc) is 3.26. The Morgan fingerprint density at radius 1 is 1.22 bits per heavy atom. The zero-order chi connectivity index (χ0) is 15.9. The number of benzene rings is 1. The van der Waals surface area contributed by atoms with Crippen molar-refractivity contribution in [2.24, 2.45) is 0 Å². The molecule has 0 bridgehead atoms. The number of aromatic nitrogens is 1. The van der Waals surface area contributed by atoms with Crippen molar-refractivity contribution in [1.29, 1.82) is 0 Å². The Balaban J connectivity index is 1.48. The third-order valence-electron chi connectivity index (χ3n) is 4.17. The van der Waals surface area contributed by atoms with Crippen molar-refractivity contribution in [2.75, 3.05) is 17.7 Å². The van der Waals surface area contributed by atoms with Gasteiger partial charge in [-0.05, 0) is 43.5 Å². The molecular weight excluding hydrogens is 324 g/mol. The Morgan fingerprint density at radius 2 is 2.00 bits per heavy atom. The molecule has 0 aliphatic heterocycles. The summed E-state index contributed by atoms with van der Waals surface area (Å²) in [6.45, 7) is 1.12. The van der Waals surface area contributed by atoms with E-state index in [1.54, 1.807) is 11.8 Å². The maximum atomic E-state index is 8.81. The molecule has 0 atom stereocenters. The van der Waals surface area contributed by atoms with Gasteiger partial charge in [0.05, 0.1) is 11.6 Å². The van der Waals surface area contributed by atoms with Crippen LogP contribution >= 0.6 is 23.1 Å². The maximum Gasteiger partial charge on any atom is 0.0959 e. The van der Waals surface area contributed by atoms with Crippen LogP contribution in [0.5, 0.6) is 0 Å². The highest BCUT2D eigenvalue weighted by Crippen LogP contribution is 2.36. The highest BCUT2D eigenvalue weighted by Gasteiger charge is 2.19. The average molecular weight is 349 g/mol. The summed E-state index contributed by atoms with van der Waals surface area (Å²) in [5, 5.41) is 13.6. The Kier molecular flexibility index (Phi) is 6.37. The van der Waals surface area contributed by atoms with Gasteiger partial charge in [-0.25, -0.2) is 4.98 Å². The Labute approximate surface area is 146 Å². The monoisotopic (exact) mass is 348 g/mol. The number of thiazole rings is 1. The lowest BCUT2D eigenvalue weighted by Crippen LogP contribution is -1.97. The summed E-state index contributed by atoms with van der Waals surface area (Å²) in [5.41, 5.74) is 1.15. The SMILES string of the molecule is OCCCSc1ccc(NCc2cnc(C3CCCC3)s2)cc1. The van der Waals surface area contributed by atoms with Crippen molar-refractivity contribution in [1.82, 2.24) is 4.98 Å². The van der Waals surface area contributed by atoms with Gasteiger partial charge in [-0.15, -0.1) is 23.1 Å². The quantitative estimate of drug-likeness (QED) is 0.527. The molecule has 1 aromatic carbocycles. The van der Waals surface area contributed by atoms with Crippen LogP contribution in [-0.2, 0) is 6.54 Å². The van der Waals surface area contributed by atoms with E-state index in [-0.39, 0.29) is 6.61 Å². The lowest BCUT2D eigenvalue weighted by Gasteiger charge is -2.06. The number of aliphatic hydroxyl groups excluding tert-OH is 1. The van der Waals surface area contributed by atoms with E-state index in [1.807, 2.05) is 17.5 Å². The molecule has 0 unspecified atom stereocenters. The first kappa shape index (κ1) is 16.8. The van der Waals surface area contributed by atoms with Gasteiger partial charge < -0.3 is 10.4 Å². The van der Waals surface area contributed by atoms with Gasteiger partial charge in [0.2, 0.25) is 0 Å². The Bertz CT molecular complexity index is 591. The topological polar surface area (TPSA) is 45.1 Å². The van der Waals surface area contributed by atoms with Gasteiger partial charge in [0.15, 0.2) is 0 Å². The number of anilines is 1. The molecule has 1 aliphatic rings. The predicted octanol–water partition coefficient (Wildman–Crippen LogP) is 4.89. The molecule has 1 heterocycles. The lowest BCUT2D eigenvalue weighted by atomic mass is 10.1. The molecule has 3 rings (SSSR count). The summed E-state index contributed by atoms with van der Waals surface area (Å²) >= 11 is 3.65. The summed E-state index contributed by atoms with van der Waals surface area (Å²) in [6.07, 6.45) is 8.23. The van der Waals surface area contributed by atoms with Crippen LogP contribution in [0.2, 0.25) is 0 Å². The molecule has 124 valence electrons. The van der Waals surface area contributed by atoms with Crippen LogP contribution in [0.15, 0.2) is 35.4 Å². The number of rotatable bonds is 8. The molecule has 5 heteroatoms. The third kappa shape index (κ3) is 4.96. The second kappa shape index (κ2) is 8.71. The fourth-order valence-corrected chi connectivity index (χ4v) is 4.74. The molecule has 0 spiro atoms. The minimum Gasteiger partial charge on any atom is -0.396 e. The van der Waals surface area contributed by atoms with Gasteiger partial charge >= 0.3 is 0 Å². The van der Waals surface area contributed by atoms with Crippen LogP contribution in [0.4, 0.5) is 5.69 Å². The molecular formula is C18H24N2OS2. The molecule has 1 fully saturated rings. The van der Waals surface area contributed by atoms with Gasteiger partial charge in [0, 0.05) is 39.9 Å². The fraction of sp³-hybridized carbons (Fsp3) is 0.500. The number of nitrogens with zero attached hydrogens (tertiary/aromatic N) is 1. The minimum absolute atomic E-state index is 0.268. The standard InChI is InChI=1S/C18H24N2OS2/c21-10-3-11-22-16-8-6-15(7-9-16)19-12-17-13-20-18(23-17)14-4-1-2-5-14/h6-9,13-14,19,21H,1-5,10-12H2. The number of thioether (sulfide) groups is 1. The zero-order valence-electron chi connectivity index (χ0n) is 13.3. The Morgan fingerprint density at radius 3 is 2.74 bits per heavy atom. The molecule has 2 N–H and O–H groups in total. The predicted molar refractivity (Wildman–Crippen MR) is 99.5 cm³/mol. The van der Waals surface area contributed by atoms with Gasteiger partial charge in [-0.3, -0.25) is 0 Å². The molecule has 0 amide bonds. The van der Waals surface area contributed by atoms with E-state index in [4.69, 9.17) is 5.11 Å². The van der Waals surface area contributed by atoms with Gasteiger partial charge in [-0.1, -0.05) is 12.8 Å². The molecule has 23 heavy (non-hydrogen) atoms. The van der Waals surface area contributed by atoms with Crippen molar-refractivity contribution >= 4 is 28.8 Å². The van der Waals surface area contributed by atoms with Crippen molar-refractivity contribution in [2.45, 2.75) is 49.5 Å². The first-order valence-corrected chi connectivity index (χ1v) is 10.2. The minimum atomic E-state index is 0.268. The van der Waals surface area contributed by atoms with E-state index < -0.39 is 0 Å². The maximum absolute atomic E-state index is 8.81. The number of hydrogen-bond acceptors (Lipinski definition) is 5. The van der Waals surface area contributed by atoms with Crippen LogP contribution in [0.1, 0.15) is 47.9 Å². The largest absolute Gasteiger partial charge is 0.396 e. The third-order valence-corrected chi connectivity index (χ3v) is 6.43. The molecule has 1 aliphatic carbocycles. The van der Waals surface area contributed by atoms with Crippen molar-refractivity contribution < 1.29 is 5.11 Å². The molecule has 0 radical (unpaired) electrons. The van der Waals surface area contributed by atoms with Gasteiger partial charge in [-0.2, -0.15) is 0 Å². The Hall–Kier alpha value is -1.04. The van der Waals surface area contributed by atoms with E-state index in [1.165, 1.54) is 40.5 Å². The van der Waals surface area contributed by atoms with Crippen LogP contribution in [0.3, 0.4) is 0 Å². The summed E-state index contributed by atoms with van der Waals surface area (Å²) in [4.78, 5) is 7.19. The number of hydrogen-bond donors (Lipinski definition) is 2. The molecule has 1 aromatic heterocycles. The van der Waals surface area contributed by atoms with Crippen molar-refractivity contribution in [3.8, 4) is 0 Å². The summed E-state index contributed by atoms with van der Waals surface area (Å²) in [6, 6.07) is 8.53. The molecule has 3 nitrogen and oxygen atoms in total. The van der Waals surface area contributed by atoms with Crippen molar-refractivity contribution in [3.05, 3.63) is 40.3 Å². The van der Waals surface area contributed by atoms with Crippen LogP contribution in [-0.4, -0.2) is 22.5 Å². The summed E-state index contributed by atoms with van der Waals surface area (Å²) < 4.78 is 0. The van der Waals surface area contributed by atoms with E-state index in [9.17, 15) is 0 Å². The number of nitrogens with one attached hydrogen (secondary N) is 1. The smallest absolute Gasteiger partial charge is 0.0959 e. The number of aliphatic hydroxyl groups is 1. The fourth-order valence-electron chi connectivity index (χ4n) is 2.88.